The molecule has 0 aromatic carbocycles. The second kappa shape index (κ2) is 6.10. The fourth-order valence-electron chi connectivity index (χ4n) is 1.79. The molecular weight excluding hydrogens is 234 g/mol. The van der Waals surface area contributed by atoms with E-state index in [1.807, 2.05) is 31.7 Å². The maximum atomic E-state index is 5.55. The van der Waals surface area contributed by atoms with Crippen LogP contribution in [0.4, 0.5) is 5.82 Å². The SMILES string of the molecule is CC(C)Oc1cc(NC2CCCSC2)ncn1. The second-order valence-corrected chi connectivity index (χ2v) is 5.62. The van der Waals surface area contributed by atoms with Crippen LogP contribution in [0.1, 0.15) is 26.7 Å². The van der Waals surface area contributed by atoms with E-state index >= 15 is 0 Å². The Morgan fingerprint density at radius 3 is 3.06 bits per heavy atom. The zero-order valence-corrected chi connectivity index (χ0v) is 11.2. The topological polar surface area (TPSA) is 47.0 Å². The fraction of sp³-hybridized carbons (Fsp3) is 0.667. The van der Waals surface area contributed by atoms with E-state index in [2.05, 4.69) is 15.3 Å². The van der Waals surface area contributed by atoms with Crippen molar-refractivity contribution >= 4 is 17.6 Å². The van der Waals surface area contributed by atoms with Gasteiger partial charge in [0.2, 0.25) is 5.88 Å². The summed E-state index contributed by atoms with van der Waals surface area (Å²) in [6, 6.07) is 2.40. The molecule has 0 amide bonds. The van der Waals surface area contributed by atoms with Gasteiger partial charge in [0, 0.05) is 17.9 Å². The highest BCUT2D eigenvalue weighted by Gasteiger charge is 2.14. The molecule has 1 aliphatic rings. The molecule has 1 unspecified atom stereocenters. The number of thioether (sulfide) groups is 1. The minimum absolute atomic E-state index is 0.142. The lowest BCUT2D eigenvalue weighted by atomic mass is 10.2. The van der Waals surface area contributed by atoms with E-state index < -0.39 is 0 Å². The molecule has 1 aromatic heterocycles. The molecule has 5 heteroatoms. The Labute approximate surface area is 107 Å². The molecule has 17 heavy (non-hydrogen) atoms. The van der Waals surface area contributed by atoms with Gasteiger partial charge in [0.05, 0.1) is 6.10 Å². The zero-order chi connectivity index (χ0) is 12.1. The summed E-state index contributed by atoms with van der Waals surface area (Å²) in [4.78, 5) is 8.32. The summed E-state index contributed by atoms with van der Waals surface area (Å²) in [5.74, 6) is 3.94. The Morgan fingerprint density at radius 2 is 2.35 bits per heavy atom. The number of nitrogens with one attached hydrogen (secondary N) is 1. The fourth-order valence-corrected chi connectivity index (χ4v) is 2.86. The highest BCUT2D eigenvalue weighted by molar-refractivity contribution is 7.99. The van der Waals surface area contributed by atoms with Gasteiger partial charge in [-0.3, -0.25) is 0 Å². The number of hydrogen-bond donors (Lipinski definition) is 1. The lowest BCUT2D eigenvalue weighted by molar-refractivity contribution is 0.232. The molecule has 2 heterocycles. The third-order valence-corrected chi connectivity index (χ3v) is 3.73. The Balaban J connectivity index is 1.95. The summed E-state index contributed by atoms with van der Waals surface area (Å²) < 4.78 is 5.55. The molecule has 0 radical (unpaired) electrons. The largest absolute Gasteiger partial charge is 0.475 e. The molecule has 2 rings (SSSR count). The van der Waals surface area contributed by atoms with Crippen molar-refractivity contribution in [2.45, 2.75) is 38.8 Å². The molecule has 1 aliphatic heterocycles. The summed E-state index contributed by atoms with van der Waals surface area (Å²) in [5.41, 5.74) is 0. The van der Waals surface area contributed by atoms with Crippen molar-refractivity contribution in [3.8, 4) is 5.88 Å². The summed E-state index contributed by atoms with van der Waals surface area (Å²) >= 11 is 2.00. The van der Waals surface area contributed by atoms with Crippen LogP contribution in [0.15, 0.2) is 12.4 Å². The molecule has 1 aromatic rings. The van der Waals surface area contributed by atoms with Crippen LogP contribution in [-0.2, 0) is 0 Å². The first-order valence-electron chi connectivity index (χ1n) is 6.07. The molecule has 1 fully saturated rings. The van der Waals surface area contributed by atoms with Gasteiger partial charge in [-0.15, -0.1) is 0 Å². The molecule has 0 saturated carbocycles. The van der Waals surface area contributed by atoms with Gasteiger partial charge in [0.25, 0.3) is 0 Å². The van der Waals surface area contributed by atoms with Crippen LogP contribution in [0.2, 0.25) is 0 Å². The number of anilines is 1. The van der Waals surface area contributed by atoms with Crippen molar-refractivity contribution in [1.29, 1.82) is 0 Å². The Hall–Kier alpha value is -0.970. The standard InChI is InChI=1S/C12H19N3OS/c1-9(2)16-12-6-11(13-8-14-12)15-10-4-3-5-17-7-10/h6,8-10H,3-5,7H2,1-2H3,(H,13,14,15). The van der Waals surface area contributed by atoms with Gasteiger partial charge in [-0.05, 0) is 32.4 Å². The van der Waals surface area contributed by atoms with Crippen LogP contribution in [0, 0.1) is 0 Å². The number of hydrogen-bond acceptors (Lipinski definition) is 5. The molecule has 0 aliphatic carbocycles. The average Bonchev–Trinajstić information content (AvgIpc) is 2.30. The predicted octanol–water partition coefficient (Wildman–Crippen LogP) is 2.57. The van der Waals surface area contributed by atoms with Crippen molar-refractivity contribution in [3.05, 3.63) is 12.4 Å². The molecule has 1 saturated heterocycles. The molecule has 1 atom stereocenters. The van der Waals surface area contributed by atoms with Gasteiger partial charge in [0.1, 0.15) is 12.1 Å². The van der Waals surface area contributed by atoms with Gasteiger partial charge >= 0.3 is 0 Å². The summed E-state index contributed by atoms with van der Waals surface area (Å²) in [6.45, 7) is 3.99. The van der Waals surface area contributed by atoms with Gasteiger partial charge in [-0.2, -0.15) is 11.8 Å². The van der Waals surface area contributed by atoms with E-state index in [0.29, 0.717) is 11.9 Å². The smallest absolute Gasteiger partial charge is 0.218 e. The first-order chi connectivity index (χ1) is 8.24. The predicted molar refractivity (Wildman–Crippen MR) is 71.8 cm³/mol. The number of ether oxygens (including phenoxy) is 1. The van der Waals surface area contributed by atoms with E-state index in [1.54, 1.807) is 6.33 Å². The van der Waals surface area contributed by atoms with Crippen LogP contribution in [0.25, 0.3) is 0 Å². The third kappa shape index (κ3) is 4.07. The zero-order valence-electron chi connectivity index (χ0n) is 10.3. The maximum absolute atomic E-state index is 5.55. The van der Waals surface area contributed by atoms with Crippen LogP contribution in [0.3, 0.4) is 0 Å². The quantitative estimate of drug-likeness (QED) is 0.893. The van der Waals surface area contributed by atoms with Crippen molar-refractivity contribution in [3.63, 3.8) is 0 Å². The molecule has 0 spiro atoms. The van der Waals surface area contributed by atoms with E-state index in [-0.39, 0.29) is 6.10 Å². The van der Waals surface area contributed by atoms with Crippen LogP contribution < -0.4 is 10.1 Å². The Morgan fingerprint density at radius 1 is 1.47 bits per heavy atom. The maximum Gasteiger partial charge on any atom is 0.218 e. The van der Waals surface area contributed by atoms with Gasteiger partial charge in [-0.1, -0.05) is 0 Å². The molecule has 1 N–H and O–H groups in total. The van der Waals surface area contributed by atoms with E-state index in [9.17, 15) is 0 Å². The number of aromatic nitrogens is 2. The van der Waals surface area contributed by atoms with Crippen LogP contribution in [-0.4, -0.2) is 33.6 Å². The van der Waals surface area contributed by atoms with E-state index in [0.717, 1.165) is 11.6 Å². The minimum atomic E-state index is 0.142. The lowest BCUT2D eigenvalue weighted by Crippen LogP contribution is -2.26. The Bertz CT molecular complexity index is 353. The number of nitrogens with zero attached hydrogens (tertiary/aromatic N) is 2. The monoisotopic (exact) mass is 253 g/mol. The van der Waals surface area contributed by atoms with Crippen molar-refractivity contribution in [1.82, 2.24) is 9.97 Å². The van der Waals surface area contributed by atoms with Crippen LogP contribution >= 0.6 is 11.8 Å². The van der Waals surface area contributed by atoms with E-state index in [4.69, 9.17) is 4.74 Å². The second-order valence-electron chi connectivity index (χ2n) is 4.47. The van der Waals surface area contributed by atoms with Crippen LogP contribution in [0.5, 0.6) is 5.88 Å². The van der Waals surface area contributed by atoms with Gasteiger partial charge < -0.3 is 10.1 Å². The molecule has 0 bridgehead atoms. The third-order valence-electron chi connectivity index (χ3n) is 2.51. The lowest BCUT2D eigenvalue weighted by Gasteiger charge is -2.23. The highest BCUT2D eigenvalue weighted by Crippen LogP contribution is 2.21. The first kappa shape index (κ1) is 12.5. The summed E-state index contributed by atoms with van der Waals surface area (Å²) in [7, 11) is 0. The normalized spacial score (nSPS) is 20.3. The average molecular weight is 253 g/mol. The summed E-state index contributed by atoms with van der Waals surface area (Å²) in [6.07, 6.45) is 4.19. The van der Waals surface area contributed by atoms with Crippen molar-refractivity contribution in [2.24, 2.45) is 0 Å². The minimum Gasteiger partial charge on any atom is -0.475 e. The van der Waals surface area contributed by atoms with Gasteiger partial charge in [-0.25, -0.2) is 9.97 Å². The Kier molecular flexibility index (Phi) is 4.48. The summed E-state index contributed by atoms with van der Waals surface area (Å²) in [5, 5.41) is 3.44. The number of rotatable bonds is 4. The molecule has 94 valence electrons. The van der Waals surface area contributed by atoms with E-state index in [1.165, 1.54) is 18.6 Å². The molecule has 4 nitrogen and oxygen atoms in total. The van der Waals surface area contributed by atoms with Gasteiger partial charge in [0.15, 0.2) is 0 Å². The van der Waals surface area contributed by atoms with Crippen molar-refractivity contribution < 1.29 is 4.74 Å². The highest BCUT2D eigenvalue weighted by atomic mass is 32.2. The molecular formula is C12H19N3OS. The first-order valence-corrected chi connectivity index (χ1v) is 7.22. The van der Waals surface area contributed by atoms with Crippen molar-refractivity contribution in [2.75, 3.05) is 16.8 Å².